The van der Waals surface area contributed by atoms with Crippen molar-refractivity contribution in [2.45, 2.75) is 25.9 Å². The zero-order chi connectivity index (χ0) is 22.6. The molecule has 172 valence electrons. The van der Waals surface area contributed by atoms with E-state index in [1.54, 1.807) is 6.26 Å². The highest BCUT2D eigenvalue weighted by molar-refractivity contribution is 5.90. The Morgan fingerprint density at radius 2 is 1.88 bits per heavy atom. The van der Waals surface area contributed by atoms with Gasteiger partial charge in [0.2, 0.25) is 5.89 Å². The Kier molecular flexibility index (Phi) is 6.41. The fourth-order valence-corrected chi connectivity index (χ4v) is 4.80. The number of amides is 2. The molecule has 0 saturated carbocycles. The van der Waals surface area contributed by atoms with Gasteiger partial charge in [-0.2, -0.15) is 0 Å². The van der Waals surface area contributed by atoms with Gasteiger partial charge in [0.15, 0.2) is 0 Å². The lowest BCUT2D eigenvalue weighted by Crippen LogP contribution is -2.53. The Hall–Kier alpha value is -3.16. The molecule has 7 heteroatoms. The number of oxazole rings is 1. The monoisotopic (exact) mass is 445 g/mol. The van der Waals surface area contributed by atoms with Crippen molar-refractivity contribution in [1.29, 1.82) is 0 Å². The number of aromatic nitrogens is 1. The van der Waals surface area contributed by atoms with Gasteiger partial charge in [-0.1, -0.05) is 36.4 Å². The lowest BCUT2D eigenvalue weighted by Gasteiger charge is -2.38. The minimum atomic E-state index is -0.0486. The summed E-state index contributed by atoms with van der Waals surface area (Å²) in [5.41, 5.74) is 3.82. The first kappa shape index (κ1) is 21.7. The molecule has 0 radical (unpaired) electrons. The fraction of sp³-hybridized carbons (Fsp3) is 0.385. The van der Waals surface area contributed by atoms with Crippen molar-refractivity contribution in [2.24, 2.45) is 0 Å². The number of anilines is 1. The summed E-state index contributed by atoms with van der Waals surface area (Å²) in [5, 5.41) is 3.04. The fourth-order valence-electron chi connectivity index (χ4n) is 4.80. The molecular formula is C26H31N5O2. The van der Waals surface area contributed by atoms with E-state index in [0.717, 1.165) is 62.8 Å². The predicted octanol–water partition coefficient (Wildman–Crippen LogP) is 4.07. The molecule has 2 aliphatic heterocycles. The Labute approximate surface area is 195 Å². The molecule has 1 atom stereocenters. The van der Waals surface area contributed by atoms with Crippen molar-refractivity contribution in [3.8, 4) is 11.5 Å². The van der Waals surface area contributed by atoms with Crippen molar-refractivity contribution in [1.82, 2.24) is 19.7 Å². The van der Waals surface area contributed by atoms with Crippen molar-refractivity contribution in [3.05, 3.63) is 72.1 Å². The summed E-state index contributed by atoms with van der Waals surface area (Å²) >= 11 is 0. The van der Waals surface area contributed by atoms with Crippen LogP contribution in [0.25, 0.3) is 11.5 Å². The normalized spacial score (nSPS) is 19.7. The third-order valence-electron chi connectivity index (χ3n) is 6.59. The van der Waals surface area contributed by atoms with E-state index < -0.39 is 0 Å². The SMILES string of the molecule is Cc1coc(-c2cccc(NC(=O)N3CCN(C4CCN(Cc5ccccc5)C4)CC3)c2)n1. The van der Waals surface area contributed by atoms with Gasteiger partial charge in [-0.25, -0.2) is 9.78 Å². The molecule has 33 heavy (non-hydrogen) atoms. The van der Waals surface area contributed by atoms with Crippen LogP contribution < -0.4 is 5.32 Å². The second-order valence-electron chi connectivity index (χ2n) is 8.99. The van der Waals surface area contributed by atoms with E-state index in [2.05, 4.69) is 50.4 Å². The summed E-state index contributed by atoms with van der Waals surface area (Å²) in [6, 6.07) is 18.9. The molecule has 2 aliphatic rings. The Morgan fingerprint density at radius 3 is 2.64 bits per heavy atom. The maximum Gasteiger partial charge on any atom is 0.321 e. The van der Waals surface area contributed by atoms with E-state index in [1.165, 1.54) is 12.0 Å². The summed E-state index contributed by atoms with van der Waals surface area (Å²) in [4.78, 5) is 24.2. The van der Waals surface area contributed by atoms with Crippen molar-refractivity contribution in [3.63, 3.8) is 0 Å². The number of hydrogen-bond acceptors (Lipinski definition) is 5. The number of rotatable bonds is 5. The number of likely N-dealkylation sites (tertiary alicyclic amines) is 1. The topological polar surface area (TPSA) is 64.9 Å². The number of nitrogens with one attached hydrogen (secondary N) is 1. The van der Waals surface area contributed by atoms with Gasteiger partial charge in [0.05, 0.1) is 5.69 Å². The summed E-state index contributed by atoms with van der Waals surface area (Å²) < 4.78 is 5.48. The molecule has 3 heterocycles. The van der Waals surface area contributed by atoms with Gasteiger partial charge in [0, 0.05) is 63.1 Å². The maximum atomic E-state index is 12.9. The number of benzene rings is 2. The van der Waals surface area contributed by atoms with Crippen molar-refractivity contribution >= 4 is 11.7 Å². The maximum absolute atomic E-state index is 12.9. The zero-order valence-corrected chi connectivity index (χ0v) is 19.1. The van der Waals surface area contributed by atoms with E-state index in [4.69, 9.17) is 4.42 Å². The van der Waals surface area contributed by atoms with Crippen LogP contribution in [0.5, 0.6) is 0 Å². The lowest BCUT2D eigenvalue weighted by atomic mass is 10.2. The predicted molar refractivity (Wildman–Crippen MR) is 129 cm³/mol. The molecule has 2 amide bonds. The van der Waals surface area contributed by atoms with Crippen LogP contribution in [0, 0.1) is 6.92 Å². The Bertz CT molecular complexity index is 1080. The van der Waals surface area contributed by atoms with Gasteiger partial charge in [-0.3, -0.25) is 9.80 Å². The summed E-state index contributed by atoms with van der Waals surface area (Å²) in [6.07, 6.45) is 2.83. The number of carbonyl (C=O) groups excluding carboxylic acids is 1. The third kappa shape index (κ3) is 5.26. The van der Waals surface area contributed by atoms with E-state index >= 15 is 0 Å². The molecule has 5 rings (SSSR count). The molecule has 1 aromatic heterocycles. The molecule has 0 spiro atoms. The van der Waals surface area contributed by atoms with E-state index in [0.29, 0.717) is 11.9 Å². The highest BCUT2D eigenvalue weighted by atomic mass is 16.3. The second-order valence-corrected chi connectivity index (χ2v) is 8.99. The first-order valence-electron chi connectivity index (χ1n) is 11.7. The van der Waals surface area contributed by atoms with E-state index in [1.807, 2.05) is 36.1 Å². The molecule has 2 saturated heterocycles. The standard InChI is InChI=1S/C26H31N5O2/c1-20-19-33-25(27-20)22-8-5-9-23(16-22)28-26(32)31-14-12-30(13-15-31)24-10-11-29(18-24)17-21-6-3-2-4-7-21/h2-9,16,19,24H,10-15,17-18H2,1H3,(H,28,32). The number of urea groups is 1. The molecule has 2 fully saturated rings. The molecule has 0 bridgehead atoms. The Morgan fingerprint density at radius 1 is 1.06 bits per heavy atom. The minimum Gasteiger partial charge on any atom is -0.444 e. The van der Waals surface area contributed by atoms with Crippen LogP contribution in [-0.2, 0) is 6.54 Å². The molecule has 1 unspecified atom stereocenters. The summed E-state index contributed by atoms with van der Waals surface area (Å²) in [6.45, 7) is 8.50. The van der Waals surface area contributed by atoms with E-state index in [-0.39, 0.29) is 6.03 Å². The number of nitrogens with zero attached hydrogens (tertiary/aromatic N) is 4. The van der Waals surface area contributed by atoms with Crippen LogP contribution in [0.3, 0.4) is 0 Å². The van der Waals surface area contributed by atoms with Gasteiger partial charge < -0.3 is 14.6 Å². The number of piperazine rings is 1. The van der Waals surface area contributed by atoms with Crippen LogP contribution in [0.2, 0.25) is 0 Å². The number of aryl methyl sites for hydroxylation is 1. The molecule has 0 aliphatic carbocycles. The molecule has 2 aromatic carbocycles. The third-order valence-corrected chi connectivity index (χ3v) is 6.59. The number of carbonyl (C=O) groups is 1. The van der Waals surface area contributed by atoms with Crippen LogP contribution in [0.1, 0.15) is 17.7 Å². The van der Waals surface area contributed by atoms with Gasteiger partial charge in [0.25, 0.3) is 0 Å². The zero-order valence-electron chi connectivity index (χ0n) is 19.1. The average molecular weight is 446 g/mol. The van der Waals surface area contributed by atoms with Gasteiger partial charge in [0.1, 0.15) is 6.26 Å². The van der Waals surface area contributed by atoms with Crippen LogP contribution >= 0.6 is 0 Å². The molecular weight excluding hydrogens is 414 g/mol. The van der Waals surface area contributed by atoms with Crippen LogP contribution in [0.15, 0.2) is 65.3 Å². The van der Waals surface area contributed by atoms with Gasteiger partial charge in [-0.15, -0.1) is 0 Å². The van der Waals surface area contributed by atoms with Crippen LogP contribution in [-0.4, -0.2) is 71.0 Å². The largest absolute Gasteiger partial charge is 0.444 e. The first-order valence-corrected chi connectivity index (χ1v) is 11.7. The molecule has 7 nitrogen and oxygen atoms in total. The minimum absolute atomic E-state index is 0.0486. The first-order chi connectivity index (χ1) is 16.1. The van der Waals surface area contributed by atoms with Gasteiger partial charge in [-0.05, 0) is 37.1 Å². The van der Waals surface area contributed by atoms with Crippen molar-refractivity contribution in [2.75, 3.05) is 44.6 Å². The summed E-state index contributed by atoms with van der Waals surface area (Å²) in [7, 11) is 0. The lowest BCUT2D eigenvalue weighted by molar-refractivity contribution is 0.114. The number of hydrogen-bond donors (Lipinski definition) is 1. The summed E-state index contributed by atoms with van der Waals surface area (Å²) in [5.74, 6) is 0.565. The van der Waals surface area contributed by atoms with Crippen molar-refractivity contribution < 1.29 is 9.21 Å². The van der Waals surface area contributed by atoms with Crippen LogP contribution in [0.4, 0.5) is 10.5 Å². The molecule has 1 N–H and O–H groups in total. The highest BCUT2D eigenvalue weighted by Gasteiger charge is 2.31. The van der Waals surface area contributed by atoms with Gasteiger partial charge >= 0.3 is 6.03 Å². The molecule has 3 aromatic rings. The second kappa shape index (κ2) is 9.77. The Balaban J connectivity index is 1.11. The highest BCUT2D eigenvalue weighted by Crippen LogP contribution is 2.23. The quantitative estimate of drug-likeness (QED) is 0.641. The average Bonchev–Trinajstić information content (AvgIpc) is 3.49. The smallest absolute Gasteiger partial charge is 0.321 e. The van der Waals surface area contributed by atoms with E-state index in [9.17, 15) is 4.79 Å².